The van der Waals surface area contributed by atoms with E-state index in [0.717, 1.165) is 43.4 Å². The fourth-order valence-electron chi connectivity index (χ4n) is 3.01. The maximum Gasteiger partial charge on any atom is 0.254 e. The fourth-order valence-corrected chi connectivity index (χ4v) is 3.01. The molecule has 2 amide bonds. The molecule has 1 aliphatic rings. The Morgan fingerprint density at radius 3 is 2.68 bits per heavy atom. The van der Waals surface area contributed by atoms with Gasteiger partial charge >= 0.3 is 0 Å². The van der Waals surface area contributed by atoms with Gasteiger partial charge in [0, 0.05) is 24.4 Å². The zero-order chi connectivity index (χ0) is 19.9. The summed E-state index contributed by atoms with van der Waals surface area (Å²) < 4.78 is 32.4. The summed E-state index contributed by atoms with van der Waals surface area (Å²) in [6.45, 7) is -0.149. The van der Waals surface area contributed by atoms with E-state index in [1.807, 2.05) is 6.07 Å². The van der Waals surface area contributed by atoms with Gasteiger partial charge in [-0.25, -0.2) is 13.8 Å². The minimum atomic E-state index is -0.984. The van der Waals surface area contributed by atoms with E-state index in [9.17, 15) is 18.4 Å². The molecule has 0 atom stereocenters. The smallest absolute Gasteiger partial charge is 0.254 e. The molecule has 28 heavy (non-hydrogen) atoms. The zero-order valence-electron chi connectivity index (χ0n) is 15.2. The van der Waals surface area contributed by atoms with Gasteiger partial charge in [-0.3, -0.25) is 9.59 Å². The quantitative estimate of drug-likeness (QED) is 0.763. The molecule has 0 radical (unpaired) electrons. The molecule has 2 N–H and O–H groups in total. The van der Waals surface area contributed by atoms with E-state index in [1.165, 1.54) is 0 Å². The standard InChI is InChI=1S/C20H21F2N3O3/c21-14-7-8-16(17(22)10-14)19(27)25-12-18(26)24-11-13-4-3-9-23-20(13)28-15-5-1-2-6-15/h3-4,7-10,15H,1-2,5-6,11-12H2,(H,24,26)(H,25,27). The summed E-state index contributed by atoms with van der Waals surface area (Å²) in [5.41, 5.74) is 0.410. The van der Waals surface area contributed by atoms with E-state index in [4.69, 9.17) is 4.74 Å². The number of amides is 2. The number of nitrogens with one attached hydrogen (secondary N) is 2. The second-order valence-electron chi connectivity index (χ2n) is 6.58. The molecule has 0 saturated heterocycles. The lowest BCUT2D eigenvalue weighted by molar-refractivity contribution is -0.120. The van der Waals surface area contributed by atoms with Crippen molar-refractivity contribution in [3.8, 4) is 5.88 Å². The van der Waals surface area contributed by atoms with Gasteiger partial charge < -0.3 is 15.4 Å². The van der Waals surface area contributed by atoms with Crippen molar-refractivity contribution in [2.24, 2.45) is 0 Å². The van der Waals surface area contributed by atoms with Crippen LogP contribution in [0, 0.1) is 11.6 Å². The molecular formula is C20H21F2N3O3. The molecule has 1 aliphatic carbocycles. The number of rotatable bonds is 7. The summed E-state index contributed by atoms with van der Waals surface area (Å²) in [6.07, 6.45) is 6.04. The van der Waals surface area contributed by atoms with Crippen LogP contribution in [0.5, 0.6) is 5.88 Å². The van der Waals surface area contributed by atoms with Crippen LogP contribution in [-0.2, 0) is 11.3 Å². The van der Waals surface area contributed by atoms with Gasteiger partial charge in [0.15, 0.2) is 0 Å². The fraction of sp³-hybridized carbons (Fsp3) is 0.350. The molecule has 0 aliphatic heterocycles. The van der Waals surface area contributed by atoms with Crippen LogP contribution in [0.25, 0.3) is 0 Å². The van der Waals surface area contributed by atoms with Crippen LogP contribution < -0.4 is 15.4 Å². The summed E-state index contributed by atoms with van der Waals surface area (Å²) >= 11 is 0. The van der Waals surface area contributed by atoms with Crippen molar-refractivity contribution in [2.45, 2.75) is 38.3 Å². The Labute approximate surface area is 161 Å². The van der Waals surface area contributed by atoms with Gasteiger partial charge in [-0.15, -0.1) is 0 Å². The average Bonchev–Trinajstić information content (AvgIpc) is 3.18. The van der Waals surface area contributed by atoms with Gasteiger partial charge in [0.2, 0.25) is 11.8 Å². The predicted octanol–water partition coefficient (Wildman–Crippen LogP) is 2.73. The van der Waals surface area contributed by atoms with Gasteiger partial charge in [-0.2, -0.15) is 0 Å². The number of carbonyl (C=O) groups is 2. The Morgan fingerprint density at radius 2 is 1.93 bits per heavy atom. The average molecular weight is 389 g/mol. The molecule has 1 saturated carbocycles. The van der Waals surface area contributed by atoms with Gasteiger partial charge in [0.25, 0.3) is 5.91 Å². The Morgan fingerprint density at radius 1 is 1.14 bits per heavy atom. The number of nitrogens with zero attached hydrogens (tertiary/aromatic N) is 1. The molecule has 2 aromatic rings. The van der Waals surface area contributed by atoms with Crippen LogP contribution in [-0.4, -0.2) is 29.4 Å². The minimum absolute atomic E-state index is 0.147. The summed E-state index contributed by atoms with van der Waals surface area (Å²) in [6, 6.07) is 6.18. The number of benzene rings is 1. The number of hydrogen-bond acceptors (Lipinski definition) is 4. The summed E-state index contributed by atoms with van der Waals surface area (Å²) in [5, 5.41) is 4.98. The van der Waals surface area contributed by atoms with Gasteiger partial charge in [0.05, 0.1) is 12.1 Å². The number of ether oxygens (including phenoxy) is 1. The number of halogens is 2. The predicted molar refractivity (Wildman–Crippen MR) is 97.7 cm³/mol. The van der Waals surface area contributed by atoms with Gasteiger partial charge in [0.1, 0.15) is 17.7 Å². The second-order valence-corrected chi connectivity index (χ2v) is 6.58. The number of pyridine rings is 1. The van der Waals surface area contributed by atoms with Crippen LogP contribution in [0.2, 0.25) is 0 Å². The Kier molecular flexibility index (Phi) is 6.52. The van der Waals surface area contributed by atoms with Crippen LogP contribution >= 0.6 is 0 Å². The molecule has 1 heterocycles. The van der Waals surface area contributed by atoms with Crippen LogP contribution in [0.15, 0.2) is 36.5 Å². The third-order valence-corrected chi connectivity index (χ3v) is 4.49. The number of carbonyl (C=O) groups excluding carboxylic acids is 2. The highest BCUT2D eigenvalue weighted by Crippen LogP contribution is 2.24. The Hall–Kier alpha value is -3.03. The highest BCUT2D eigenvalue weighted by Gasteiger charge is 2.19. The molecule has 0 unspecified atom stereocenters. The van der Waals surface area contributed by atoms with Crippen molar-refractivity contribution in [3.63, 3.8) is 0 Å². The zero-order valence-corrected chi connectivity index (χ0v) is 15.2. The van der Waals surface area contributed by atoms with Crippen molar-refractivity contribution >= 4 is 11.8 Å². The maximum absolute atomic E-state index is 13.6. The largest absolute Gasteiger partial charge is 0.474 e. The first-order chi connectivity index (χ1) is 13.5. The first-order valence-corrected chi connectivity index (χ1v) is 9.13. The Balaban J connectivity index is 1.50. The summed E-state index contributed by atoms with van der Waals surface area (Å²) in [4.78, 5) is 28.2. The van der Waals surface area contributed by atoms with E-state index in [1.54, 1.807) is 12.3 Å². The molecule has 1 fully saturated rings. The maximum atomic E-state index is 13.6. The van der Waals surface area contributed by atoms with Crippen LogP contribution in [0.3, 0.4) is 0 Å². The molecule has 1 aromatic heterocycles. The lowest BCUT2D eigenvalue weighted by Crippen LogP contribution is -2.37. The van der Waals surface area contributed by atoms with E-state index in [-0.39, 0.29) is 24.8 Å². The van der Waals surface area contributed by atoms with Crippen molar-refractivity contribution < 1.29 is 23.1 Å². The van der Waals surface area contributed by atoms with Gasteiger partial charge in [-0.1, -0.05) is 6.07 Å². The SMILES string of the molecule is O=C(CNC(=O)c1ccc(F)cc1F)NCc1cccnc1OC1CCCC1. The van der Waals surface area contributed by atoms with Gasteiger partial charge in [-0.05, 0) is 43.9 Å². The molecule has 3 rings (SSSR count). The lowest BCUT2D eigenvalue weighted by atomic mass is 10.2. The molecule has 0 spiro atoms. The topological polar surface area (TPSA) is 80.3 Å². The van der Waals surface area contributed by atoms with E-state index in [0.29, 0.717) is 11.9 Å². The van der Waals surface area contributed by atoms with Crippen LogP contribution in [0.1, 0.15) is 41.6 Å². The lowest BCUT2D eigenvalue weighted by Gasteiger charge is -2.15. The highest BCUT2D eigenvalue weighted by molar-refractivity contribution is 5.96. The molecular weight excluding hydrogens is 368 g/mol. The third-order valence-electron chi connectivity index (χ3n) is 4.49. The van der Waals surface area contributed by atoms with Crippen molar-refractivity contribution in [1.82, 2.24) is 15.6 Å². The highest BCUT2D eigenvalue weighted by atomic mass is 19.1. The van der Waals surface area contributed by atoms with Crippen molar-refractivity contribution in [3.05, 3.63) is 59.3 Å². The first kappa shape index (κ1) is 19.7. The summed E-state index contributed by atoms with van der Waals surface area (Å²) in [7, 11) is 0. The van der Waals surface area contributed by atoms with E-state index in [2.05, 4.69) is 15.6 Å². The molecule has 8 heteroatoms. The number of aromatic nitrogens is 1. The molecule has 1 aromatic carbocycles. The molecule has 0 bridgehead atoms. The minimum Gasteiger partial charge on any atom is -0.474 e. The second kappa shape index (κ2) is 9.25. The monoisotopic (exact) mass is 389 g/mol. The van der Waals surface area contributed by atoms with E-state index >= 15 is 0 Å². The Bertz CT molecular complexity index is 854. The third kappa shape index (κ3) is 5.25. The normalized spacial score (nSPS) is 13.9. The summed E-state index contributed by atoms with van der Waals surface area (Å²) in [5.74, 6) is -2.51. The van der Waals surface area contributed by atoms with Crippen molar-refractivity contribution in [1.29, 1.82) is 0 Å². The van der Waals surface area contributed by atoms with E-state index < -0.39 is 23.4 Å². The molecule has 148 valence electrons. The van der Waals surface area contributed by atoms with Crippen molar-refractivity contribution in [2.75, 3.05) is 6.54 Å². The first-order valence-electron chi connectivity index (χ1n) is 9.13. The van der Waals surface area contributed by atoms with Crippen LogP contribution in [0.4, 0.5) is 8.78 Å². The molecule has 6 nitrogen and oxygen atoms in total. The number of hydrogen-bond donors (Lipinski definition) is 2.